The normalized spacial score (nSPS) is 28.3. The van der Waals surface area contributed by atoms with Crippen LogP contribution in [0.25, 0.3) is 0 Å². The molecule has 18 atom stereocenters. The van der Waals surface area contributed by atoms with Gasteiger partial charge in [-0.3, -0.25) is 23.4 Å². The highest BCUT2D eigenvalue weighted by Crippen LogP contribution is 2.49. The van der Waals surface area contributed by atoms with Gasteiger partial charge in [0.1, 0.15) is 98.7 Å². The second-order valence-electron chi connectivity index (χ2n) is 26.3. The van der Waals surface area contributed by atoms with Gasteiger partial charge in [-0.2, -0.15) is 0 Å². The molecule has 2 saturated heterocycles. The zero-order chi connectivity index (χ0) is 68.9. The molecule has 3 aliphatic rings. The maximum absolute atomic E-state index is 14.3. The SMILES string of the molecule is CCCCCCCC/C=C\CCCCCC(=O)OCC(COP(=O)(O)OC1C(OC2OC(CO)C(O)C(O)C2O)C(O)C(O)C(O)C1OC1OC(COC(=O)CCCCCCCCCCCCC)C(O)C(O)C1O)OC(=O)CCCCCCCCCCCCCCCCC. The molecule has 25 heteroatoms. The third-order valence-electron chi connectivity index (χ3n) is 18.0. The monoisotopic (exact) mass is 1370 g/mol. The number of esters is 3. The third-order valence-corrected chi connectivity index (χ3v) is 19.0. The number of phosphoric acid groups is 1. The molecule has 0 bridgehead atoms. The smallest absolute Gasteiger partial charge is 0.463 e. The molecule has 0 aromatic carbocycles. The second kappa shape index (κ2) is 51.8. The molecule has 0 radical (unpaired) electrons. The fourth-order valence-corrected chi connectivity index (χ4v) is 13.0. The van der Waals surface area contributed by atoms with E-state index in [0.29, 0.717) is 19.3 Å². The molecule has 3 fully saturated rings. The van der Waals surface area contributed by atoms with Crippen molar-refractivity contribution >= 4 is 25.7 Å². The Bertz CT molecular complexity index is 2010. The van der Waals surface area contributed by atoms with Gasteiger partial charge < -0.3 is 89.1 Å². The molecule has 0 aromatic heterocycles. The van der Waals surface area contributed by atoms with Gasteiger partial charge in [0.2, 0.25) is 0 Å². The number of carbonyl (C=O) groups excluding carboxylic acids is 3. The van der Waals surface area contributed by atoms with Crippen LogP contribution in [0.15, 0.2) is 12.2 Å². The van der Waals surface area contributed by atoms with Crippen LogP contribution in [0.5, 0.6) is 0 Å². The zero-order valence-corrected chi connectivity index (χ0v) is 58.2. The summed E-state index contributed by atoms with van der Waals surface area (Å²) in [6, 6.07) is 0. The van der Waals surface area contributed by atoms with E-state index in [0.717, 1.165) is 96.3 Å². The van der Waals surface area contributed by atoms with Crippen molar-refractivity contribution in [3.8, 4) is 0 Å². The number of ether oxygens (including phenoxy) is 7. The number of rotatable bonds is 56. The van der Waals surface area contributed by atoms with Gasteiger partial charge in [0.25, 0.3) is 0 Å². The van der Waals surface area contributed by atoms with Crippen LogP contribution in [0, 0.1) is 0 Å². The summed E-state index contributed by atoms with van der Waals surface area (Å²) < 4.78 is 64.9. The first-order chi connectivity index (χ1) is 45.3. The van der Waals surface area contributed by atoms with Crippen LogP contribution in [0.4, 0.5) is 0 Å². The second-order valence-corrected chi connectivity index (χ2v) is 27.7. The molecule has 0 spiro atoms. The van der Waals surface area contributed by atoms with Crippen molar-refractivity contribution in [2.75, 3.05) is 26.4 Å². The lowest BCUT2D eigenvalue weighted by atomic mass is 9.84. The van der Waals surface area contributed by atoms with Crippen molar-refractivity contribution in [1.29, 1.82) is 0 Å². The highest BCUT2D eigenvalue weighted by Gasteiger charge is 2.58. The van der Waals surface area contributed by atoms with Crippen LogP contribution in [-0.2, 0) is 61.2 Å². The average Bonchev–Trinajstić information content (AvgIpc) is 0.765. The van der Waals surface area contributed by atoms with Crippen LogP contribution in [0.2, 0.25) is 0 Å². The minimum atomic E-state index is -5.69. The van der Waals surface area contributed by atoms with Gasteiger partial charge in [-0.05, 0) is 44.9 Å². The summed E-state index contributed by atoms with van der Waals surface area (Å²) in [7, 11) is -5.69. The third kappa shape index (κ3) is 35.1. The molecule has 2 aliphatic heterocycles. The molecule has 552 valence electrons. The number of phosphoric ester groups is 1. The number of aliphatic hydroxyl groups is 10. The first-order valence-corrected chi connectivity index (χ1v) is 38.0. The maximum atomic E-state index is 14.3. The van der Waals surface area contributed by atoms with Crippen molar-refractivity contribution < 1.29 is 117 Å². The summed E-state index contributed by atoms with van der Waals surface area (Å²) in [5.74, 6) is -2.00. The highest BCUT2D eigenvalue weighted by atomic mass is 31.2. The van der Waals surface area contributed by atoms with E-state index in [4.69, 9.17) is 42.2 Å². The molecule has 1 saturated carbocycles. The Kier molecular flexibility index (Phi) is 47.3. The lowest BCUT2D eigenvalue weighted by Gasteiger charge is -2.49. The molecule has 1 aliphatic carbocycles. The van der Waals surface area contributed by atoms with Gasteiger partial charge in [0, 0.05) is 19.3 Å². The van der Waals surface area contributed by atoms with Gasteiger partial charge in [-0.25, -0.2) is 4.57 Å². The van der Waals surface area contributed by atoms with Crippen molar-refractivity contribution in [3.05, 3.63) is 12.2 Å². The number of hydrogen-bond donors (Lipinski definition) is 11. The quantitative estimate of drug-likeness (QED) is 0.00888. The standard InChI is InChI=1S/C69H127O24P/c1-4-7-10-13-16-19-22-24-25-27-30-33-36-39-42-45-55(73)88-50(47-85-53(71)43-40-37-34-32-29-26-23-20-17-14-11-8-5-2)48-87-94(83,84)93-67-65(91-68-63(81)58(76)56(74)51(46-70)89-68)61(79)60(78)62(80)66(67)92-69-64(82)59(77)57(75)52(90-69)49-86-54(72)44-41-38-35-31-28-21-18-15-12-9-6-3/h26,29,50-52,56-70,74-82H,4-25,27-28,30-49H2,1-3H3,(H,83,84)/b29-26-. The van der Waals surface area contributed by atoms with Crippen LogP contribution in [-0.4, -0.2) is 204 Å². The van der Waals surface area contributed by atoms with E-state index in [-0.39, 0.29) is 19.3 Å². The number of aliphatic hydroxyl groups excluding tert-OH is 10. The summed E-state index contributed by atoms with van der Waals surface area (Å²) in [4.78, 5) is 50.9. The van der Waals surface area contributed by atoms with E-state index in [1.54, 1.807) is 0 Å². The average molecular weight is 1370 g/mol. The van der Waals surface area contributed by atoms with Gasteiger partial charge in [0.15, 0.2) is 18.7 Å². The first kappa shape index (κ1) is 85.9. The molecular formula is C69H127O24P. The molecule has 24 nitrogen and oxygen atoms in total. The number of allylic oxidation sites excluding steroid dienone is 2. The maximum Gasteiger partial charge on any atom is 0.472 e. The highest BCUT2D eigenvalue weighted by molar-refractivity contribution is 7.47. The molecule has 2 heterocycles. The van der Waals surface area contributed by atoms with E-state index in [2.05, 4.69) is 32.9 Å². The van der Waals surface area contributed by atoms with Crippen LogP contribution in [0.3, 0.4) is 0 Å². The molecule has 0 amide bonds. The molecular weight excluding hydrogens is 1240 g/mol. The van der Waals surface area contributed by atoms with E-state index in [1.807, 2.05) is 0 Å². The van der Waals surface area contributed by atoms with Gasteiger partial charge in [-0.15, -0.1) is 0 Å². The zero-order valence-electron chi connectivity index (χ0n) is 57.3. The number of hydrogen-bond acceptors (Lipinski definition) is 23. The summed E-state index contributed by atoms with van der Waals surface area (Å²) in [5, 5.41) is 110. The Labute approximate surface area is 561 Å². The lowest BCUT2D eigenvalue weighted by Crippen LogP contribution is -2.69. The summed E-state index contributed by atoms with van der Waals surface area (Å²) >= 11 is 0. The predicted octanol–water partition coefficient (Wildman–Crippen LogP) is 9.18. The fourth-order valence-electron chi connectivity index (χ4n) is 12.0. The minimum absolute atomic E-state index is 0.0277. The Balaban J connectivity index is 1.76. The van der Waals surface area contributed by atoms with Gasteiger partial charge in [-0.1, -0.05) is 226 Å². The largest absolute Gasteiger partial charge is 0.472 e. The topological polar surface area (TPSA) is 374 Å². The van der Waals surface area contributed by atoms with Crippen molar-refractivity contribution in [1.82, 2.24) is 0 Å². The van der Waals surface area contributed by atoms with Gasteiger partial charge in [0.05, 0.1) is 13.2 Å². The summed E-state index contributed by atoms with van der Waals surface area (Å²) in [6.45, 7) is 3.40. The first-order valence-electron chi connectivity index (χ1n) is 36.5. The van der Waals surface area contributed by atoms with Gasteiger partial charge >= 0.3 is 25.7 Å². The van der Waals surface area contributed by atoms with E-state index >= 15 is 0 Å². The molecule has 18 unspecified atom stereocenters. The predicted molar refractivity (Wildman–Crippen MR) is 352 cm³/mol. The Morgan fingerprint density at radius 1 is 0.404 bits per heavy atom. The molecule has 0 aromatic rings. The van der Waals surface area contributed by atoms with E-state index in [9.17, 15) is 74.9 Å². The molecule has 11 N–H and O–H groups in total. The number of carbonyl (C=O) groups is 3. The van der Waals surface area contributed by atoms with Crippen molar-refractivity contribution in [2.24, 2.45) is 0 Å². The minimum Gasteiger partial charge on any atom is -0.463 e. The summed E-state index contributed by atoms with van der Waals surface area (Å²) in [6.07, 6.45) is 8.75. The van der Waals surface area contributed by atoms with E-state index in [1.165, 1.54) is 122 Å². The lowest BCUT2D eigenvalue weighted by molar-refractivity contribution is -0.360. The van der Waals surface area contributed by atoms with Crippen molar-refractivity contribution in [2.45, 2.75) is 382 Å². The van der Waals surface area contributed by atoms with E-state index < -0.39 is 156 Å². The number of unbranched alkanes of at least 4 members (excludes halogenated alkanes) is 33. The Morgan fingerprint density at radius 2 is 0.745 bits per heavy atom. The Morgan fingerprint density at radius 3 is 1.16 bits per heavy atom. The fraction of sp³-hybridized carbons (Fsp3) is 0.928. The van der Waals surface area contributed by atoms with Crippen LogP contribution < -0.4 is 0 Å². The Hall–Kier alpha value is -2.30. The van der Waals surface area contributed by atoms with Crippen LogP contribution >= 0.6 is 7.82 Å². The molecule has 3 rings (SSSR count). The van der Waals surface area contributed by atoms with Crippen molar-refractivity contribution in [3.63, 3.8) is 0 Å². The summed E-state index contributed by atoms with van der Waals surface area (Å²) in [5.41, 5.74) is 0. The molecule has 94 heavy (non-hydrogen) atoms. The van der Waals surface area contributed by atoms with Crippen LogP contribution in [0.1, 0.15) is 278 Å².